The summed E-state index contributed by atoms with van der Waals surface area (Å²) in [5.41, 5.74) is 9.43. The van der Waals surface area contributed by atoms with Crippen molar-refractivity contribution >= 4 is 11.8 Å². The molecule has 2 aromatic carbocycles. The fraction of sp³-hybridized carbons (Fsp3) is 0.263. The molecule has 1 aliphatic carbocycles. The summed E-state index contributed by atoms with van der Waals surface area (Å²) in [7, 11) is 0. The van der Waals surface area contributed by atoms with Crippen molar-refractivity contribution in [2.75, 3.05) is 6.54 Å². The number of nitrogens with two attached hydrogens (primary N) is 1. The van der Waals surface area contributed by atoms with Gasteiger partial charge in [0.1, 0.15) is 0 Å². The van der Waals surface area contributed by atoms with Crippen molar-refractivity contribution in [3.8, 4) is 11.1 Å². The quantitative estimate of drug-likeness (QED) is 0.891. The summed E-state index contributed by atoms with van der Waals surface area (Å²) in [4.78, 5) is 23.4. The summed E-state index contributed by atoms with van der Waals surface area (Å²) >= 11 is 0. The number of nitrogens with one attached hydrogen (secondary N) is 1. The Bertz CT molecular complexity index is 746. The normalized spacial score (nSPS) is 13.6. The topological polar surface area (TPSA) is 72.2 Å². The molecule has 0 saturated heterocycles. The first kappa shape index (κ1) is 15.3. The van der Waals surface area contributed by atoms with E-state index in [1.807, 2.05) is 37.3 Å². The number of rotatable bonds is 5. The molecule has 0 bridgehead atoms. The van der Waals surface area contributed by atoms with Crippen molar-refractivity contribution in [1.29, 1.82) is 0 Å². The predicted octanol–water partition coefficient (Wildman–Crippen LogP) is 2.90. The summed E-state index contributed by atoms with van der Waals surface area (Å²) in [5.74, 6) is 0.179. The number of hydrogen-bond donors (Lipinski definition) is 2. The Morgan fingerprint density at radius 2 is 1.74 bits per heavy atom. The van der Waals surface area contributed by atoms with Gasteiger partial charge in [0.15, 0.2) is 0 Å². The van der Waals surface area contributed by atoms with E-state index in [-0.39, 0.29) is 5.91 Å². The van der Waals surface area contributed by atoms with Crippen LogP contribution >= 0.6 is 0 Å². The molecule has 4 heteroatoms. The molecular formula is C19H20N2O2. The smallest absolute Gasteiger partial charge is 0.251 e. The largest absolute Gasteiger partial charge is 0.366 e. The average molecular weight is 308 g/mol. The molecule has 3 N–H and O–H groups in total. The Morgan fingerprint density at radius 3 is 2.35 bits per heavy atom. The molecule has 23 heavy (non-hydrogen) atoms. The van der Waals surface area contributed by atoms with E-state index in [4.69, 9.17) is 5.73 Å². The minimum absolute atomic E-state index is 0.0353. The van der Waals surface area contributed by atoms with Gasteiger partial charge in [0, 0.05) is 17.7 Å². The molecule has 0 heterocycles. The Hall–Kier alpha value is -2.62. The summed E-state index contributed by atoms with van der Waals surface area (Å²) in [5, 5.41) is 2.98. The summed E-state index contributed by atoms with van der Waals surface area (Å²) < 4.78 is 0. The third kappa shape index (κ3) is 3.59. The maximum absolute atomic E-state index is 12.2. The lowest BCUT2D eigenvalue weighted by Gasteiger charge is -2.10. The van der Waals surface area contributed by atoms with Gasteiger partial charge in [-0.05, 0) is 66.6 Å². The van der Waals surface area contributed by atoms with Crippen LogP contribution in [0.4, 0.5) is 0 Å². The monoisotopic (exact) mass is 308 g/mol. The molecule has 0 unspecified atom stereocenters. The fourth-order valence-electron chi connectivity index (χ4n) is 2.55. The van der Waals surface area contributed by atoms with Gasteiger partial charge in [0.05, 0.1) is 0 Å². The van der Waals surface area contributed by atoms with E-state index < -0.39 is 5.91 Å². The van der Waals surface area contributed by atoms with Crippen LogP contribution in [-0.2, 0) is 0 Å². The Morgan fingerprint density at radius 1 is 1.09 bits per heavy atom. The van der Waals surface area contributed by atoms with E-state index in [0.29, 0.717) is 17.0 Å². The van der Waals surface area contributed by atoms with Gasteiger partial charge in [0.2, 0.25) is 5.91 Å². The van der Waals surface area contributed by atoms with Crippen LogP contribution in [0.3, 0.4) is 0 Å². The summed E-state index contributed by atoms with van der Waals surface area (Å²) in [6, 6.07) is 12.8. The zero-order valence-electron chi connectivity index (χ0n) is 13.1. The Kier molecular flexibility index (Phi) is 4.15. The van der Waals surface area contributed by atoms with Crippen LogP contribution < -0.4 is 11.1 Å². The number of benzene rings is 2. The van der Waals surface area contributed by atoms with Crippen molar-refractivity contribution in [3.63, 3.8) is 0 Å². The SMILES string of the molecule is Cc1ccc(C(=O)NCC2CC2)cc1-c1ccc(C(N)=O)cc1. The lowest BCUT2D eigenvalue weighted by Crippen LogP contribution is -2.25. The van der Waals surface area contributed by atoms with E-state index in [9.17, 15) is 9.59 Å². The van der Waals surface area contributed by atoms with Crippen molar-refractivity contribution < 1.29 is 9.59 Å². The first-order chi connectivity index (χ1) is 11.0. The molecule has 0 aliphatic heterocycles. The Balaban J connectivity index is 1.84. The van der Waals surface area contributed by atoms with Crippen LogP contribution in [0.2, 0.25) is 0 Å². The van der Waals surface area contributed by atoms with Crippen LogP contribution in [0.1, 0.15) is 39.1 Å². The molecule has 0 radical (unpaired) electrons. The molecule has 2 amide bonds. The van der Waals surface area contributed by atoms with Crippen molar-refractivity contribution in [1.82, 2.24) is 5.32 Å². The molecule has 0 spiro atoms. The van der Waals surface area contributed by atoms with Gasteiger partial charge in [-0.2, -0.15) is 0 Å². The van der Waals surface area contributed by atoms with Gasteiger partial charge in [-0.3, -0.25) is 9.59 Å². The maximum atomic E-state index is 12.2. The molecule has 118 valence electrons. The van der Waals surface area contributed by atoms with E-state index in [1.165, 1.54) is 12.8 Å². The van der Waals surface area contributed by atoms with Crippen molar-refractivity contribution in [2.45, 2.75) is 19.8 Å². The third-order valence-electron chi connectivity index (χ3n) is 4.23. The highest BCUT2D eigenvalue weighted by atomic mass is 16.2. The van der Waals surface area contributed by atoms with Gasteiger partial charge in [0.25, 0.3) is 5.91 Å². The highest BCUT2D eigenvalue weighted by Crippen LogP contribution is 2.28. The molecule has 0 atom stereocenters. The van der Waals surface area contributed by atoms with E-state index in [1.54, 1.807) is 12.1 Å². The molecule has 1 fully saturated rings. The molecule has 3 rings (SSSR count). The van der Waals surface area contributed by atoms with Gasteiger partial charge in [-0.25, -0.2) is 0 Å². The highest BCUT2D eigenvalue weighted by molar-refractivity contribution is 5.96. The van der Waals surface area contributed by atoms with Gasteiger partial charge in [-0.1, -0.05) is 18.2 Å². The van der Waals surface area contributed by atoms with Crippen LogP contribution in [0, 0.1) is 12.8 Å². The lowest BCUT2D eigenvalue weighted by atomic mass is 9.97. The van der Waals surface area contributed by atoms with Gasteiger partial charge in [-0.15, -0.1) is 0 Å². The third-order valence-corrected chi connectivity index (χ3v) is 4.23. The number of hydrogen-bond acceptors (Lipinski definition) is 2. The zero-order chi connectivity index (χ0) is 16.4. The number of carbonyl (C=O) groups is 2. The number of amides is 2. The van der Waals surface area contributed by atoms with Gasteiger partial charge >= 0.3 is 0 Å². The first-order valence-electron chi connectivity index (χ1n) is 7.83. The number of aryl methyl sites for hydroxylation is 1. The second-order valence-corrected chi connectivity index (χ2v) is 6.12. The maximum Gasteiger partial charge on any atom is 0.251 e. The molecule has 1 aliphatic rings. The Labute approximate surface area is 135 Å². The average Bonchev–Trinajstić information content (AvgIpc) is 3.37. The van der Waals surface area contributed by atoms with Gasteiger partial charge < -0.3 is 11.1 Å². The predicted molar refractivity (Wildman–Crippen MR) is 90.2 cm³/mol. The molecule has 0 aromatic heterocycles. The van der Waals surface area contributed by atoms with E-state index in [2.05, 4.69) is 5.32 Å². The molecule has 2 aromatic rings. The minimum Gasteiger partial charge on any atom is -0.366 e. The molecule has 4 nitrogen and oxygen atoms in total. The van der Waals surface area contributed by atoms with E-state index >= 15 is 0 Å². The summed E-state index contributed by atoms with van der Waals surface area (Å²) in [6.07, 6.45) is 2.43. The highest BCUT2D eigenvalue weighted by Gasteiger charge is 2.22. The van der Waals surface area contributed by atoms with Crippen LogP contribution in [0.15, 0.2) is 42.5 Å². The van der Waals surface area contributed by atoms with Crippen LogP contribution in [-0.4, -0.2) is 18.4 Å². The second-order valence-electron chi connectivity index (χ2n) is 6.12. The zero-order valence-corrected chi connectivity index (χ0v) is 13.1. The fourth-order valence-corrected chi connectivity index (χ4v) is 2.55. The van der Waals surface area contributed by atoms with Crippen LogP contribution in [0.25, 0.3) is 11.1 Å². The van der Waals surface area contributed by atoms with Crippen molar-refractivity contribution in [3.05, 3.63) is 59.2 Å². The first-order valence-corrected chi connectivity index (χ1v) is 7.83. The lowest BCUT2D eigenvalue weighted by molar-refractivity contribution is 0.0950. The van der Waals surface area contributed by atoms with Crippen LogP contribution in [0.5, 0.6) is 0 Å². The number of carbonyl (C=O) groups excluding carboxylic acids is 2. The standard InChI is InChI=1S/C19H20N2O2/c1-12-2-5-16(19(23)21-11-13-3-4-13)10-17(12)14-6-8-15(9-7-14)18(20)22/h2,5-10,13H,3-4,11H2,1H3,(H2,20,22)(H,21,23). The molecular weight excluding hydrogens is 288 g/mol. The second kappa shape index (κ2) is 6.24. The van der Waals surface area contributed by atoms with E-state index in [0.717, 1.165) is 23.2 Å². The number of primary amides is 1. The minimum atomic E-state index is -0.443. The molecule has 1 saturated carbocycles. The van der Waals surface area contributed by atoms with Crippen molar-refractivity contribution in [2.24, 2.45) is 11.7 Å². The summed E-state index contributed by atoms with van der Waals surface area (Å²) in [6.45, 7) is 2.76.